The largest absolute Gasteiger partial charge is 0.381 e. The van der Waals surface area contributed by atoms with E-state index in [2.05, 4.69) is 12.2 Å². The van der Waals surface area contributed by atoms with E-state index >= 15 is 0 Å². The molecule has 0 amide bonds. The highest BCUT2D eigenvalue weighted by atomic mass is 16.5. The molecule has 1 saturated heterocycles. The maximum absolute atomic E-state index is 5.48. The van der Waals surface area contributed by atoms with E-state index in [-0.39, 0.29) is 0 Å². The molecule has 1 saturated carbocycles. The van der Waals surface area contributed by atoms with E-state index in [1.165, 1.54) is 38.5 Å². The van der Waals surface area contributed by atoms with Crippen LogP contribution in [0.15, 0.2) is 0 Å². The summed E-state index contributed by atoms with van der Waals surface area (Å²) in [7, 11) is 0. The van der Waals surface area contributed by atoms with Gasteiger partial charge in [-0.1, -0.05) is 13.3 Å². The summed E-state index contributed by atoms with van der Waals surface area (Å²) in [4.78, 5) is 0. The van der Waals surface area contributed by atoms with Crippen molar-refractivity contribution in [3.63, 3.8) is 0 Å². The van der Waals surface area contributed by atoms with Crippen molar-refractivity contribution in [1.82, 2.24) is 5.32 Å². The average molecular weight is 197 g/mol. The summed E-state index contributed by atoms with van der Waals surface area (Å²) >= 11 is 0. The first-order chi connectivity index (χ1) is 6.86. The van der Waals surface area contributed by atoms with Gasteiger partial charge in [0.2, 0.25) is 0 Å². The van der Waals surface area contributed by atoms with E-state index < -0.39 is 0 Å². The van der Waals surface area contributed by atoms with E-state index in [9.17, 15) is 0 Å². The van der Waals surface area contributed by atoms with Crippen LogP contribution in [0, 0.1) is 5.92 Å². The summed E-state index contributed by atoms with van der Waals surface area (Å²) < 4.78 is 5.48. The monoisotopic (exact) mass is 197 g/mol. The summed E-state index contributed by atoms with van der Waals surface area (Å²) in [6, 6.07) is 1.51. The van der Waals surface area contributed by atoms with Gasteiger partial charge in [-0.15, -0.1) is 0 Å². The molecular formula is C12H23NO. The van der Waals surface area contributed by atoms with Crippen molar-refractivity contribution in [2.75, 3.05) is 13.2 Å². The van der Waals surface area contributed by atoms with E-state index in [0.29, 0.717) is 0 Å². The lowest BCUT2D eigenvalue weighted by Gasteiger charge is -2.24. The molecule has 3 unspecified atom stereocenters. The second kappa shape index (κ2) is 5.13. The molecule has 2 nitrogen and oxygen atoms in total. The highest BCUT2D eigenvalue weighted by Gasteiger charge is 2.25. The fourth-order valence-corrected chi connectivity index (χ4v) is 2.77. The molecule has 0 radical (unpaired) electrons. The molecule has 82 valence electrons. The summed E-state index contributed by atoms with van der Waals surface area (Å²) in [6.07, 6.45) is 7.98. The van der Waals surface area contributed by atoms with Gasteiger partial charge in [-0.2, -0.15) is 0 Å². The minimum Gasteiger partial charge on any atom is -0.381 e. The van der Waals surface area contributed by atoms with Crippen molar-refractivity contribution in [3.05, 3.63) is 0 Å². The van der Waals surface area contributed by atoms with E-state index in [1.807, 2.05) is 0 Å². The minimum atomic E-state index is 0.725. The SMILES string of the molecule is CC1CCCC1NC1CCCOCC1. The van der Waals surface area contributed by atoms with Crippen molar-refractivity contribution in [1.29, 1.82) is 0 Å². The van der Waals surface area contributed by atoms with Crippen LogP contribution in [-0.4, -0.2) is 25.3 Å². The fourth-order valence-electron chi connectivity index (χ4n) is 2.77. The third kappa shape index (κ3) is 2.71. The smallest absolute Gasteiger partial charge is 0.0480 e. The maximum atomic E-state index is 5.48. The molecule has 2 fully saturated rings. The fraction of sp³-hybridized carbons (Fsp3) is 1.00. The third-order valence-electron chi connectivity index (χ3n) is 3.76. The molecule has 0 aromatic heterocycles. The van der Waals surface area contributed by atoms with E-state index in [0.717, 1.165) is 31.2 Å². The lowest BCUT2D eigenvalue weighted by molar-refractivity contribution is 0.142. The standard InChI is InChI=1S/C12H23NO/c1-10-4-2-6-12(10)13-11-5-3-8-14-9-7-11/h10-13H,2-9H2,1H3. The van der Waals surface area contributed by atoms with Crippen LogP contribution in [0.2, 0.25) is 0 Å². The first kappa shape index (κ1) is 10.4. The van der Waals surface area contributed by atoms with Gasteiger partial charge < -0.3 is 10.1 Å². The van der Waals surface area contributed by atoms with Gasteiger partial charge in [0.1, 0.15) is 0 Å². The average Bonchev–Trinajstić information content (AvgIpc) is 2.44. The summed E-state index contributed by atoms with van der Waals surface area (Å²) in [6.45, 7) is 4.31. The minimum absolute atomic E-state index is 0.725. The van der Waals surface area contributed by atoms with Crippen LogP contribution < -0.4 is 5.32 Å². The van der Waals surface area contributed by atoms with Crippen molar-refractivity contribution in [2.24, 2.45) is 5.92 Å². The highest BCUT2D eigenvalue weighted by molar-refractivity contribution is 4.83. The Hall–Kier alpha value is -0.0800. The van der Waals surface area contributed by atoms with E-state index in [4.69, 9.17) is 4.74 Å². The predicted molar refractivity (Wildman–Crippen MR) is 58.4 cm³/mol. The van der Waals surface area contributed by atoms with Crippen molar-refractivity contribution >= 4 is 0 Å². The Morgan fingerprint density at radius 1 is 1.00 bits per heavy atom. The zero-order chi connectivity index (χ0) is 9.80. The summed E-state index contributed by atoms with van der Waals surface area (Å²) in [5.74, 6) is 0.888. The van der Waals surface area contributed by atoms with Gasteiger partial charge in [0.05, 0.1) is 0 Å². The molecule has 2 aliphatic rings. The topological polar surface area (TPSA) is 21.3 Å². The van der Waals surface area contributed by atoms with Gasteiger partial charge in [-0.25, -0.2) is 0 Å². The van der Waals surface area contributed by atoms with Crippen LogP contribution in [0.1, 0.15) is 45.4 Å². The lowest BCUT2D eigenvalue weighted by Crippen LogP contribution is -2.39. The number of rotatable bonds is 2. The number of hydrogen-bond acceptors (Lipinski definition) is 2. The van der Waals surface area contributed by atoms with Gasteiger partial charge in [0.25, 0.3) is 0 Å². The molecule has 1 aliphatic carbocycles. The van der Waals surface area contributed by atoms with Crippen LogP contribution in [0.4, 0.5) is 0 Å². The molecule has 0 bridgehead atoms. The molecular weight excluding hydrogens is 174 g/mol. The predicted octanol–water partition coefficient (Wildman–Crippen LogP) is 2.33. The third-order valence-corrected chi connectivity index (χ3v) is 3.76. The number of nitrogens with one attached hydrogen (secondary N) is 1. The van der Waals surface area contributed by atoms with Crippen LogP contribution >= 0.6 is 0 Å². The van der Waals surface area contributed by atoms with Gasteiger partial charge in [0.15, 0.2) is 0 Å². The Bertz CT molecular complexity index is 164. The molecule has 0 aromatic carbocycles. The molecule has 1 aliphatic heterocycles. The molecule has 1 heterocycles. The Kier molecular flexibility index (Phi) is 3.82. The Morgan fingerprint density at radius 2 is 1.93 bits per heavy atom. The zero-order valence-corrected chi connectivity index (χ0v) is 9.30. The normalized spacial score (nSPS) is 39.6. The van der Waals surface area contributed by atoms with Crippen LogP contribution in [0.5, 0.6) is 0 Å². The quantitative estimate of drug-likeness (QED) is 0.733. The molecule has 2 heteroatoms. The Labute approximate surface area is 87.4 Å². The van der Waals surface area contributed by atoms with Crippen molar-refractivity contribution < 1.29 is 4.74 Å². The van der Waals surface area contributed by atoms with Crippen LogP contribution in [0.25, 0.3) is 0 Å². The highest BCUT2D eigenvalue weighted by Crippen LogP contribution is 2.26. The summed E-state index contributed by atoms with van der Waals surface area (Å²) in [5, 5.41) is 3.83. The van der Waals surface area contributed by atoms with Gasteiger partial charge in [-0.05, 0) is 38.0 Å². The number of ether oxygens (including phenoxy) is 1. The number of hydrogen-bond donors (Lipinski definition) is 1. The van der Waals surface area contributed by atoms with Gasteiger partial charge >= 0.3 is 0 Å². The van der Waals surface area contributed by atoms with Gasteiger partial charge in [-0.3, -0.25) is 0 Å². The Morgan fingerprint density at radius 3 is 2.71 bits per heavy atom. The van der Waals surface area contributed by atoms with Crippen LogP contribution in [0.3, 0.4) is 0 Å². The second-order valence-corrected chi connectivity index (χ2v) is 4.92. The molecule has 0 aromatic rings. The molecule has 14 heavy (non-hydrogen) atoms. The molecule has 1 N–H and O–H groups in total. The lowest BCUT2D eigenvalue weighted by atomic mass is 10.0. The zero-order valence-electron chi connectivity index (χ0n) is 9.30. The first-order valence-corrected chi connectivity index (χ1v) is 6.20. The van der Waals surface area contributed by atoms with Crippen LogP contribution in [-0.2, 0) is 4.74 Å². The molecule has 0 spiro atoms. The van der Waals surface area contributed by atoms with Gasteiger partial charge in [0, 0.05) is 25.3 Å². The van der Waals surface area contributed by atoms with E-state index in [1.54, 1.807) is 0 Å². The molecule has 3 atom stereocenters. The first-order valence-electron chi connectivity index (χ1n) is 6.20. The Balaban J connectivity index is 1.77. The second-order valence-electron chi connectivity index (χ2n) is 4.92. The van der Waals surface area contributed by atoms with Crippen molar-refractivity contribution in [3.8, 4) is 0 Å². The summed E-state index contributed by atoms with van der Waals surface area (Å²) in [5.41, 5.74) is 0. The van der Waals surface area contributed by atoms with Crippen molar-refractivity contribution in [2.45, 2.75) is 57.5 Å². The molecule has 2 rings (SSSR count). The maximum Gasteiger partial charge on any atom is 0.0480 e.